The van der Waals surface area contributed by atoms with Gasteiger partial charge in [-0.25, -0.2) is 14.5 Å². The van der Waals surface area contributed by atoms with Crippen LogP contribution in [0.2, 0.25) is 0 Å². The fourth-order valence-electron chi connectivity index (χ4n) is 2.87. The van der Waals surface area contributed by atoms with Crippen LogP contribution in [0.25, 0.3) is 11.2 Å². The zero-order chi connectivity index (χ0) is 23.0. The van der Waals surface area contributed by atoms with Gasteiger partial charge in [-0.05, 0) is 39.5 Å². The molecule has 2 atom stereocenters. The molecule has 0 spiro atoms. The number of aromatic nitrogens is 5. The molecule has 0 saturated heterocycles. The van der Waals surface area contributed by atoms with Crippen molar-refractivity contribution in [3.8, 4) is 0 Å². The molecule has 2 heterocycles. The molecule has 0 radical (unpaired) electrons. The third-order valence-electron chi connectivity index (χ3n) is 4.62. The maximum absolute atomic E-state index is 12.2. The van der Waals surface area contributed by atoms with Crippen molar-refractivity contribution >= 4 is 28.9 Å². The van der Waals surface area contributed by atoms with Crippen molar-refractivity contribution in [3.63, 3.8) is 0 Å². The van der Waals surface area contributed by atoms with E-state index in [1.165, 1.54) is 26.0 Å². The normalized spacial score (nSPS) is 18.6. The third kappa shape index (κ3) is 7.56. The summed E-state index contributed by atoms with van der Waals surface area (Å²) in [6, 6.07) is 0.0472. The topological polar surface area (TPSA) is 141 Å². The molecule has 2 aromatic heterocycles. The van der Waals surface area contributed by atoms with Crippen LogP contribution in [0.1, 0.15) is 52.5 Å². The van der Waals surface area contributed by atoms with Gasteiger partial charge in [0.1, 0.15) is 6.61 Å². The molecule has 0 aromatic carbocycles. The number of nitrogens with zero attached hydrogens (tertiary/aromatic N) is 4. The number of fused-ring (bicyclic) bond motifs is 1. The van der Waals surface area contributed by atoms with Gasteiger partial charge in [0.25, 0.3) is 5.56 Å². The molecule has 1 aliphatic carbocycles. The molecule has 2 aromatic rings. The highest BCUT2D eigenvalue weighted by Crippen LogP contribution is 2.32. The van der Waals surface area contributed by atoms with Gasteiger partial charge in [0.15, 0.2) is 22.1 Å². The molecular weight excluding hydrogens is 426 g/mol. The number of rotatable bonds is 8. The summed E-state index contributed by atoms with van der Waals surface area (Å²) in [7, 11) is 2.79. The quantitative estimate of drug-likeness (QED) is 0.260. The van der Waals surface area contributed by atoms with Crippen molar-refractivity contribution < 1.29 is 24.1 Å². The van der Waals surface area contributed by atoms with Crippen LogP contribution in [0.15, 0.2) is 9.95 Å². The number of hydrogen-bond acceptors (Lipinski definition) is 10. The molecule has 31 heavy (non-hydrogen) atoms. The zero-order valence-corrected chi connectivity index (χ0v) is 19.4. The summed E-state index contributed by atoms with van der Waals surface area (Å²) in [5.41, 5.74) is 0.479. The number of carbonyl (C=O) groups is 1. The number of ether oxygens (including phenoxy) is 3. The van der Waals surface area contributed by atoms with E-state index >= 15 is 0 Å². The van der Waals surface area contributed by atoms with Gasteiger partial charge in [-0.3, -0.25) is 9.78 Å². The number of esters is 1. The summed E-state index contributed by atoms with van der Waals surface area (Å²) in [6.45, 7) is 5.17. The molecule has 174 valence electrons. The molecule has 1 saturated carbocycles. The smallest absolute Gasteiger partial charge is 0.331 e. The standard InChI is InChI=1S/C15H21N5O4S.C4H10O2/c1-3-6-25-15-16-13-12(14(22)17-15)18-19-20(13)9-4-5-10(7-9)24-8-11(21)23-2;1-4(2,5)6-3/h9-10H,3-8H2,1-2H3,(H,16,17,22);5H,1-3H3. The van der Waals surface area contributed by atoms with Crippen molar-refractivity contribution in [2.45, 2.75) is 69.5 Å². The van der Waals surface area contributed by atoms with E-state index in [-0.39, 0.29) is 35.8 Å². The van der Waals surface area contributed by atoms with Crippen molar-refractivity contribution in [2.24, 2.45) is 0 Å². The maximum Gasteiger partial charge on any atom is 0.331 e. The van der Waals surface area contributed by atoms with E-state index in [4.69, 9.17) is 9.84 Å². The Bertz CT molecular complexity index is 909. The van der Waals surface area contributed by atoms with E-state index in [2.05, 4.69) is 36.7 Å². The van der Waals surface area contributed by atoms with Gasteiger partial charge in [0, 0.05) is 12.9 Å². The third-order valence-corrected chi connectivity index (χ3v) is 5.70. The Labute approximate surface area is 184 Å². The number of carbonyl (C=O) groups excluding carboxylic acids is 1. The average molecular weight is 458 g/mol. The van der Waals surface area contributed by atoms with Gasteiger partial charge >= 0.3 is 5.97 Å². The van der Waals surface area contributed by atoms with Crippen molar-refractivity contribution in [2.75, 3.05) is 26.6 Å². The van der Waals surface area contributed by atoms with Gasteiger partial charge in [0.05, 0.1) is 19.3 Å². The molecule has 0 aliphatic heterocycles. The van der Waals surface area contributed by atoms with E-state index in [1.54, 1.807) is 18.5 Å². The Morgan fingerprint density at radius 1 is 1.35 bits per heavy atom. The number of hydrogen-bond donors (Lipinski definition) is 2. The second-order valence-corrected chi connectivity index (χ2v) is 8.64. The molecule has 2 N–H and O–H groups in total. The zero-order valence-electron chi connectivity index (χ0n) is 18.6. The van der Waals surface area contributed by atoms with Crippen molar-refractivity contribution in [1.29, 1.82) is 0 Å². The summed E-state index contributed by atoms with van der Waals surface area (Å²) in [5.74, 6) is -0.469. The molecule has 11 nitrogen and oxygen atoms in total. The van der Waals surface area contributed by atoms with Crippen LogP contribution in [0.5, 0.6) is 0 Å². The Morgan fingerprint density at radius 2 is 2.06 bits per heavy atom. The van der Waals surface area contributed by atoms with E-state index in [0.29, 0.717) is 17.2 Å². The average Bonchev–Trinajstić information content (AvgIpc) is 3.37. The second-order valence-electron chi connectivity index (χ2n) is 7.55. The number of nitrogens with one attached hydrogen (secondary N) is 1. The minimum absolute atomic E-state index is 0.0423. The van der Waals surface area contributed by atoms with Crippen LogP contribution in [-0.2, 0) is 19.0 Å². The van der Waals surface area contributed by atoms with Crippen LogP contribution in [0.4, 0.5) is 0 Å². The number of H-pyrrole nitrogens is 1. The predicted octanol–water partition coefficient (Wildman–Crippen LogP) is 1.66. The van der Waals surface area contributed by atoms with E-state index in [0.717, 1.165) is 25.0 Å². The van der Waals surface area contributed by atoms with Crippen LogP contribution >= 0.6 is 11.8 Å². The lowest BCUT2D eigenvalue weighted by atomic mass is 10.2. The minimum Gasteiger partial charge on any atom is -0.467 e. The highest BCUT2D eigenvalue weighted by Gasteiger charge is 2.30. The molecule has 2 unspecified atom stereocenters. The van der Waals surface area contributed by atoms with E-state index in [9.17, 15) is 9.59 Å². The molecule has 0 bridgehead atoms. The summed E-state index contributed by atoms with van der Waals surface area (Å²) in [6.07, 6.45) is 3.28. The van der Waals surface area contributed by atoms with Crippen LogP contribution < -0.4 is 5.56 Å². The molecule has 3 rings (SSSR count). The highest BCUT2D eigenvalue weighted by atomic mass is 32.2. The first-order valence-corrected chi connectivity index (χ1v) is 11.1. The summed E-state index contributed by atoms with van der Waals surface area (Å²) >= 11 is 1.51. The lowest BCUT2D eigenvalue weighted by molar-refractivity contribution is -0.155. The SMILES string of the molecule is CCCSc1nc2c(nnn2C2CCC(OCC(=O)OC)C2)c(=O)[nH]1.COC(C)(C)O. The first kappa shape index (κ1) is 25.2. The van der Waals surface area contributed by atoms with E-state index in [1.807, 2.05) is 0 Å². The Kier molecular flexibility index (Phi) is 9.41. The van der Waals surface area contributed by atoms with Crippen LogP contribution in [-0.4, -0.2) is 74.5 Å². The van der Waals surface area contributed by atoms with Gasteiger partial charge in [0.2, 0.25) is 0 Å². The predicted molar refractivity (Wildman–Crippen MR) is 115 cm³/mol. The summed E-state index contributed by atoms with van der Waals surface area (Å²) in [4.78, 5) is 30.6. The first-order valence-electron chi connectivity index (χ1n) is 10.1. The molecule has 1 fully saturated rings. The van der Waals surface area contributed by atoms with E-state index < -0.39 is 5.79 Å². The number of aromatic amines is 1. The fourth-order valence-corrected chi connectivity index (χ4v) is 3.58. The highest BCUT2D eigenvalue weighted by molar-refractivity contribution is 7.99. The first-order chi connectivity index (χ1) is 14.7. The molecule has 0 amide bonds. The number of methoxy groups -OCH3 is 2. The maximum atomic E-state index is 12.2. The Morgan fingerprint density at radius 3 is 2.68 bits per heavy atom. The number of aliphatic hydroxyl groups is 1. The van der Waals surface area contributed by atoms with Crippen molar-refractivity contribution in [1.82, 2.24) is 25.0 Å². The molecule has 1 aliphatic rings. The second kappa shape index (κ2) is 11.6. The Hall–Kier alpha value is -2.02. The van der Waals surface area contributed by atoms with Crippen LogP contribution in [0, 0.1) is 0 Å². The minimum atomic E-state index is -0.958. The van der Waals surface area contributed by atoms with Crippen LogP contribution in [0.3, 0.4) is 0 Å². The van der Waals surface area contributed by atoms with Gasteiger partial charge in [-0.15, -0.1) is 5.10 Å². The Balaban J connectivity index is 0.000000501. The largest absolute Gasteiger partial charge is 0.467 e. The lowest BCUT2D eigenvalue weighted by Gasteiger charge is -2.12. The lowest BCUT2D eigenvalue weighted by Crippen LogP contribution is -2.20. The molecule has 12 heteroatoms. The summed E-state index contributed by atoms with van der Waals surface area (Å²) < 4.78 is 16.4. The number of thioether (sulfide) groups is 1. The van der Waals surface area contributed by atoms with Gasteiger partial charge < -0.3 is 19.3 Å². The van der Waals surface area contributed by atoms with Gasteiger partial charge in [-0.2, -0.15) is 0 Å². The fraction of sp³-hybridized carbons (Fsp3) is 0.737. The molecular formula is C19H31N5O6S. The summed E-state index contributed by atoms with van der Waals surface area (Å²) in [5, 5.41) is 17.3. The monoisotopic (exact) mass is 457 g/mol. The van der Waals surface area contributed by atoms with Gasteiger partial charge in [-0.1, -0.05) is 23.9 Å². The van der Waals surface area contributed by atoms with Crippen molar-refractivity contribution in [3.05, 3.63) is 10.4 Å².